The highest BCUT2D eigenvalue weighted by Crippen LogP contribution is 2.30. The van der Waals surface area contributed by atoms with Gasteiger partial charge in [0.15, 0.2) is 11.5 Å². The largest absolute Gasteiger partial charge is 0.486 e. The van der Waals surface area contributed by atoms with Crippen LogP contribution in [0.1, 0.15) is 16.2 Å². The molecule has 4 aromatic rings. The highest BCUT2D eigenvalue weighted by Gasteiger charge is 2.21. The number of hydrogen-bond acceptors (Lipinski definition) is 4. The molecule has 0 spiro atoms. The molecule has 3 aromatic carbocycles. The maximum Gasteiger partial charge on any atom is 0.251 e. The second-order valence-electron chi connectivity index (χ2n) is 7.24. The fourth-order valence-electron chi connectivity index (χ4n) is 3.72. The van der Waals surface area contributed by atoms with Gasteiger partial charge in [-0.1, -0.05) is 30.3 Å². The van der Waals surface area contributed by atoms with Gasteiger partial charge in [-0.3, -0.25) is 9.36 Å². The first kappa shape index (κ1) is 18.2. The molecule has 0 saturated heterocycles. The Morgan fingerprint density at radius 2 is 1.83 bits per heavy atom. The van der Waals surface area contributed by atoms with E-state index in [1.54, 1.807) is 0 Å². The number of aryl methyl sites for hydroxylation is 1. The second-order valence-corrected chi connectivity index (χ2v) is 7.24. The van der Waals surface area contributed by atoms with E-state index in [0.717, 1.165) is 28.3 Å². The van der Waals surface area contributed by atoms with E-state index in [2.05, 4.69) is 14.9 Å². The molecule has 1 aromatic heterocycles. The first-order valence-electron chi connectivity index (χ1n) is 9.90. The molecular weight excluding hydrogens is 378 g/mol. The summed E-state index contributed by atoms with van der Waals surface area (Å²) >= 11 is 0. The zero-order chi connectivity index (χ0) is 20.5. The number of carbonyl (C=O) groups is 1. The van der Waals surface area contributed by atoms with E-state index >= 15 is 0 Å². The van der Waals surface area contributed by atoms with Gasteiger partial charge in [0.25, 0.3) is 5.91 Å². The number of imidazole rings is 1. The van der Waals surface area contributed by atoms with Gasteiger partial charge in [-0.15, -0.1) is 0 Å². The average molecular weight is 399 g/mol. The van der Waals surface area contributed by atoms with Gasteiger partial charge in [0, 0.05) is 11.3 Å². The molecule has 6 heteroatoms. The Morgan fingerprint density at radius 3 is 2.67 bits per heavy atom. The first-order valence-corrected chi connectivity index (χ1v) is 9.90. The van der Waals surface area contributed by atoms with Crippen molar-refractivity contribution in [2.75, 3.05) is 13.2 Å². The molecule has 0 unspecified atom stereocenters. The fraction of sp³-hybridized carbons (Fsp3) is 0.167. The van der Waals surface area contributed by atoms with Crippen LogP contribution in [0.25, 0.3) is 16.7 Å². The number of aromatic nitrogens is 2. The predicted molar refractivity (Wildman–Crippen MR) is 114 cm³/mol. The molecule has 0 saturated carbocycles. The quantitative estimate of drug-likeness (QED) is 0.565. The zero-order valence-corrected chi connectivity index (χ0v) is 16.5. The van der Waals surface area contributed by atoms with Crippen molar-refractivity contribution < 1.29 is 14.3 Å². The van der Waals surface area contributed by atoms with E-state index in [9.17, 15) is 4.79 Å². The summed E-state index contributed by atoms with van der Waals surface area (Å²) in [5.74, 6) is 2.15. The smallest absolute Gasteiger partial charge is 0.251 e. The molecule has 1 N–H and O–H groups in total. The van der Waals surface area contributed by atoms with E-state index < -0.39 is 0 Å². The van der Waals surface area contributed by atoms with Crippen LogP contribution in [-0.2, 0) is 0 Å². The Bertz CT molecular complexity index is 1220. The lowest BCUT2D eigenvalue weighted by Crippen LogP contribution is -2.40. The normalized spacial score (nSPS) is 15.2. The van der Waals surface area contributed by atoms with Gasteiger partial charge in [0.05, 0.1) is 17.6 Å². The minimum absolute atomic E-state index is 0.161. The molecule has 2 heterocycles. The number of nitrogens with one attached hydrogen (secondary N) is 1. The Hall–Kier alpha value is -3.80. The number of para-hydroxylation sites is 3. The standard InChI is InChI=1S/C24H21N3O3/c1-16-26-20-13-17(11-12-21(20)27(16)18-7-3-2-4-8-18)24(28)25-14-19-15-29-22-9-5-6-10-23(22)30-19/h2-13,19H,14-15H2,1H3,(H,25,28)/t19-/m0/s1. The van der Waals surface area contributed by atoms with Crippen molar-refractivity contribution in [3.8, 4) is 17.2 Å². The Labute approximate surface area is 174 Å². The average Bonchev–Trinajstić information content (AvgIpc) is 3.12. The number of fused-ring (bicyclic) bond motifs is 2. The van der Waals surface area contributed by atoms with E-state index in [4.69, 9.17) is 9.47 Å². The summed E-state index contributed by atoms with van der Waals surface area (Å²) in [7, 11) is 0. The number of nitrogens with zero attached hydrogens (tertiary/aromatic N) is 2. The number of amides is 1. The molecule has 1 aliphatic heterocycles. The lowest BCUT2D eigenvalue weighted by Gasteiger charge is -2.26. The molecule has 150 valence electrons. The topological polar surface area (TPSA) is 65.4 Å². The van der Waals surface area contributed by atoms with Crippen LogP contribution in [-0.4, -0.2) is 34.7 Å². The third kappa shape index (κ3) is 3.37. The number of carbonyl (C=O) groups excluding carboxylic acids is 1. The molecular formula is C24H21N3O3. The van der Waals surface area contributed by atoms with Gasteiger partial charge in [-0.2, -0.15) is 0 Å². The minimum atomic E-state index is -0.230. The molecule has 0 aliphatic carbocycles. The van der Waals surface area contributed by atoms with Gasteiger partial charge in [-0.25, -0.2) is 4.98 Å². The summed E-state index contributed by atoms with van der Waals surface area (Å²) < 4.78 is 13.7. The Balaban J connectivity index is 1.31. The molecule has 30 heavy (non-hydrogen) atoms. The van der Waals surface area contributed by atoms with Crippen molar-refractivity contribution >= 4 is 16.9 Å². The second kappa shape index (κ2) is 7.55. The highest BCUT2D eigenvalue weighted by atomic mass is 16.6. The van der Waals surface area contributed by atoms with Crippen molar-refractivity contribution in [2.45, 2.75) is 13.0 Å². The SMILES string of the molecule is Cc1nc2cc(C(=O)NC[C@H]3COc4ccccc4O3)ccc2n1-c1ccccc1. The Morgan fingerprint density at radius 1 is 1.07 bits per heavy atom. The molecule has 0 radical (unpaired) electrons. The summed E-state index contributed by atoms with van der Waals surface area (Å²) in [6, 6.07) is 23.2. The number of rotatable bonds is 4. The van der Waals surface area contributed by atoms with Gasteiger partial charge < -0.3 is 14.8 Å². The van der Waals surface area contributed by atoms with Gasteiger partial charge >= 0.3 is 0 Å². The van der Waals surface area contributed by atoms with Crippen molar-refractivity contribution in [3.63, 3.8) is 0 Å². The minimum Gasteiger partial charge on any atom is -0.486 e. The third-order valence-corrected chi connectivity index (χ3v) is 5.16. The van der Waals surface area contributed by atoms with Crippen LogP contribution >= 0.6 is 0 Å². The van der Waals surface area contributed by atoms with Crippen LogP contribution in [0.2, 0.25) is 0 Å². The van der Waals surface area contributed by atoms with Crippen LogP contribution in [0.15, 0.2) is 72.8 Å². The van der Waals surface area contributed by atoms with E-state index in [-0.39, 0.29) is 12.0 Å². The highest BCUT2D eigenvalue weighted by molar-refractivity contribution is 5.97. The molecule has 6 nitrogen and oxygen atoms in total. The predicted octanol–water partition coefficient (Wildman–Crippen LogP) is 3.90. The van der Waals surface area contributed by atoms with Crippen molar-refractivity contribution in [3.05, 3.63) is 84.2 Å². The number of benzene rings is 3. The summed E-state index contributed by atoms with van der Waals surface area (Å²) in [6.45, 7) is 2.73. The van der Waals surface area contributed by atoms with Gasteiger partial charge in [0.1, 0.15) is 18.5 Å². The maximum absolute atomic E-state index is 12.7. The van der Waals surface area contributed by atoms with Crippen LogP contribution in [0.3, 0.4) is 0 Å². The molecule has 1 aliphatic rings. The zero-order valence-electron chi connectivity index (χ0n) is 16.5. The molecule has 0 bridgehead atoms. The monoisotopic (exact) mass is 399 g/mol. The summed E-state index contributed by atoms with van der Waals surface area (Å²) in [5, 5.41) is 2.94. The maximum atomic E-state index is 12.7. The number of ether oxygens (including phenoxy) is 2. The van der Waals surface area contributed by atoms with Gasteiger partial charge in [-0.05, 0) is 49.4 Å². The van der Waals surface area contributed by atoms with E-state index in [0.29, 0.717) is 24.5 Å². The molecule has 1 atom stereocenters. The van der Waals surface area contributed by atoms with E-state index in [1.165, 1.54) is 0 Å². The first-order chi connectivity index (χ1) is 14.7. The summed E-state index contributed by atoms with van der Waals surface area (Å²) in [4.78, 5) is 17.3. The van der Waals surface area contributed by atoms with Crippen LogP contribution in [0.5, 0.6) is 11.5 Å². The molecule has 5 rings (SSSR count). The van der Waals surface area contributed by atoms with Gasteiger partial charge in [0.2, 0.25) is 0 Å². The van der Waals surface area contributed by atoms with Crippen LogP contribution in [0, 0.1) is 6.92 Å². The lowest BCUT2D eigenvalue weighted by molar-refractivity contribution is 0.0789. The van der Waals surface area contributed by atoms with Crippen LogP contribution < -0.4 is 14.8 Å². The third-order valence-electron chi connectivity index (χ3n) is 5.16. The fourth-order valence-corrected chi connectivity index (χ4v) is 3.72. The van der Waals surface area contributed by atoms with Crippen molar-refractivity contribution in [1.29, 1.82) is 0 Å². The van der Waals surface area contributed by atoms with Crippen molar-refractivity contribution in [1.82, 2.24) is 14.9 Å². The lowest BCUT2D eigenvalue weighted by atomic mass is 10.1. The number of hydrogen-bond donors (Lipinski definition) is 1. The Kier molecular flexibility index (Phi) is 4.59. The molecule has 0 fully saturated rings. The summed E-state index contributed by atoms with van der Waals surface area (Å²) in [6.07, 6.45) is -0.230. The molecule has 1 amide bonds. The van der Waals surface area contributed by atoms with Crippen molar-refractivity contribution in [2.24, 2.45) is 0 Å². The summed E-state index contributed by atoms with van der Waals surface area (Å²) in [5.41, 5.74) is 3.37. The van der Waals surface area contributed by atoms with E-state index in [1.807, 2.05) is 79.7 Å². The van der Waals surface area contributed by atoms with Crippen LogP contribution in [0.4, 0.5) is 0 Å².